The molecule has 2 heterocycles. The van der Waals surface area contributed by atoms with Crippen molar-refractivity contribution in [3.05, 3.63) is 130 Å². The van der Waals surface area contributed by atoms with E-state index in [2.05, 4.69) is 26.0 Å². The summed E-state index contributed by atoms with van der Waals surface area (Å²) in [6.07, 6.45) is 1.85. The van der Waals surface area contributed by atoms with Crippen molar-refractivity contribution in [2.45, 2.75) is 33.2 Å². The van der Waals surface area contributed by atoms with Gasteiger partial charge in [0.15, 0.2) is 5.17 Å². The summed E-state index contributed by atoms with van der Waals surface area (Å²) in [5.74, 6) is -0.409. The van der Waals surface area contributed by atoms with Gasteiger partial charge in [0.25, 0.3) is 11.8 Å². The number of aryl methyl sites for hydroxylation is 2. The lowest BCUT2D eigenvalue weighted by atomic mass is 10.1. The molecule has 0 radical (unpaired) electrons. The third-order valence-corrected chi connectivity index (χ3v) is 8.33. The molecule has 2 aliphatic heterocycles. The van der Waals surface area contributed by atoms with Gasteiger partial charge in [-0.3, -0.25) is 14.5 Å². The topological polar surface area (TPSA) is 53.0 Å². The van der Waals surface area contributed by atoms with E-state index in [-0.39, 0.29) is 11.8 Å². The Bertz CT molecular complexity index is 1640. The van der Waals surface area contributed by atoms with Crippen molar-refractivity contribution in [3.63, 3.8) is 0 Å². The summed E-state index contributed by atoms with van der Waals surface area (Å²) in [4.78, 5) is 36.9. The summed E-state index contributed by atoms with van der Waals surface area (Å²) in [5.41, 5.74) is 6.95. The normalized spacial score (nSPS) is 17.7. The molecule has 1 saturated heterocycles. The van der Waals surface area contributed by atoms with E-state index < -0.39 is 0 Å². The Kier molecular flexibility index (Phi) is 7.10. The number of nitrogens with zero attached hydrogens (tertiary/aromatic N) is 3. The van der Waals surface area contributed by atoms with Crippen molar-refractivity contribution in [3.8, 4) is 0 Å². The summed E-state index contributed by atoms with van der Waals surface area (Å²) in [6.45, 7) is 4.65. The first-order valence-corrected chi connectivity index (χ1v) is 14.4. The standard InChI is InChI=1S/C34H29N3O2S/c1-3-23-14-18-26(19-15-23)35-34-37(27-20-16-24(4-2)17-21-27)33(39)31(40-34)30-28-12-8-9-13-29(28)36(32(30)38)22-25-10-6-5-7-11-25/h5-21H,3-4,22H2,1-2H3/b31-30+,35-34?. The predicted octanol–water partition coefficient (Wildman–Crippen LogP) is 7.54. The lowest BCUT2D eigenvalue weighted by Gasteiger charge is -2.17. The van der Waals surface area contributed by atoms with Gasteiger partial charge in [-0.05, 0) is 71.6 Å². The monoisotopic (exact) mass is 543 g/mol. The quantitative estimate of drug-likeness (QED) is 0.236. The molecule has 0 atom stereocenters. The van der Waals surface area contributed by atoms with E-state index in [1.54, 1.807) is 9.80 Å². The minimum Gasteiger partial charge on any atom is -0.303 e. The number of benzene rings is 4. The summed E-state index contributed by atoms with van der Waals surface area (Å²) in [7, 11) is 0. The fourth-order valence-electron chi connectivity index (χ4n) is 5.05. The minimum atomic E-state index is -0.238. The molecule has 0 aliphatic carbocycles. The van der Waals surface area contributed by atoms with Gasteiger partial charge in [0.05, 0.1) is 34.1 Å². The van der Waals surface area contributed by atoms with Crippen LogP contribution in [0.25, 0.3) is 5.57 Å². The maximum Gasteiger partial charge on any atom is 0.272 e. The molecule has 6 heteroatoms. The highest BCUT2D eigenvalue weighted by atomic mass is 32.2. The maximum absolute atomic E-state index is 14.2. The molecule has 0 N–H and O–H groups in total. The first-order chi connectivity index (χ1) is 19.6. The third kappa shape index (κ3) is 4.75. The first kappa shape index (κ1) is 25.8. The van der Waals surface area contributed by atoms with E-state index in [9.17, 15) is 9.59 Å². The van der Waals surface area contributed by atoms with E-state index in [0.29, 0.717) is 22.2 Å². The molecule has 5 nitrogen and oxygen atoms in total. The van der Waals surface area contributed by atoms with Crippen LogP contribution in [-0.2, 0) is 29.0 Å². The number of rotatable bonds is 6. The Morgan fingerprint density at radius 2 is 1.30 bits per heavy atom. The van der Waals surface area contributed by atoms with Crippen LogP contribution in [0.2, 0.25) is 0 Å². The van der Waals surface area contributed by atoms with E-state index in [4.69, 9.17) is 4.99 Å². The van der Waals surface area contributed by atoms with Crippen LogP contribution in [0.3, 0.4) is 0 Å². The third-order valence-electron chi connectivity index (χ3n) is 7.29. The van der Waals surface area contributed by atoms with E-state index >= 15 is 0 Å². The summed E-state index contributed by atoms with van der Waals surface area (Å²) < 4.78 is 0. The number of anilines is 2. The van der Waals surface area contributed by atoms with Crippen LogP contribution in [0, 0.1) is 0 Å². The number of para-hydroxylation sites is 1. The summed E-state index contributed by atoms with van der Waals surface area (Å²) in [6, 6.07) is 33.6. The lowest BCUT2D eigenvalue weighted by molar-refractivity contribution is -0.115. The summed E-state index contributed by atoms with van der Waals surface area (Å²) in [5, 5.41) is 0.535. The van der Waals surface area contributed by atoms with Crippen molar-refractivity contribution in [2.24, 2.45) is 4.99 Å². The van der Waals surface area contributed by atoms with Gasteiger partial charge in [-0.25, -0.2) is 4.99 Å². The minimum absolute atomic E-state index is 0.171. The number of aliphatic imine (C=N–C) groups is 1. The largest absolute Gasteiger partial charge is 0.303 e. The zero-order valence-corrected chi connectivity index (χ0v) is 23.3. The number of carbonyl (C=O) groups is 2. The number of hydrogen-bond acceptors (Lipinski definition) is 4. The Morgan fingerprint density at radius 1 is 0.675 bits per heavy atom. The van der Waals surface area contributed by atoms with Crippen molar-refractivity contribution >= 4 is 51.4 Å². The number of hydrogen-bond donors (Lipinski definition) is 0. The molecule has 4 aromatic carbocycles. The van der Waals surface area contributed by atoms with E-state index in [1.165, 1.54) is 22.9 Å². The average molecular weight is 544 g/mol. The van der Waals surface area contributed by atoms with E-state index in [0.717, 1.165) is 41.0 Å². The number of carbonyl (C=O) groups excluding carboxylic acids is 2. The van der Waals surface area contributed by atoms with Gasteiger partial charge in [0, 0.05) is 5.56 Å². The molecule has 0 aromatic heterocycles. The number of thioether (sulfide) groups is 1. The number of amides is 2. The Balaban J connectivity index is 1.46. The molecule has 40 heavy (non-hydrogen) atoms. The average Bonchev–Trinajstić information content (AvgIpc) is 3.46. The molecule has 6 rings (SSSR count). The zero-order valence-electron chi connectivity index (χ0n) is 22.5. The molecule has 0 unspecified atom stereocenters. The Morgan fingerprint density at radius 3 is 1.98 bits per heavy atom. The van der Waals surface area contributed by atoms with Crippen molar-refractivity contribution in [1.29, 1.82) is 0 Å². The van der Waals surface area contributed by atoms with Gasteiger partial charge >= 0.3 is 0 Å². The highest BCUT2D eigenvalue weighted by Crippen LogP contribution is 2.46. The van der Waals surface area contributed by atoms with Gasteiger partial charge in [-0.2, -0.15) is 0 Å². The van der Waals surface area contributed by atoms with Crippen LogP contribution in [0.15, 0.2) is 113 Å². The Labute approximate surface area is 238 Å². The van der Waals surface area contributed by atoms with Crippen molar-refractivity contribution in [1.82, 2.24) is 0 Å². The fraction of sp³-hybridized carbons (Fsp3) is 0.147. The van der Waals surface area contributed by atoms with Crippen molar-refractivity contribution < 1.29 is 9.59 Å². The SMILES string of the molecule is CCc1ccc(N=C2S/C(=C3/C(=O)N(Cc4ccccc4)c4ccccc43)C(=O)N2c2ccc(CC)cc2)cc1. The molecule has 0 saturated carbocycles. The maximum atomic E-state index is 14.2. The second-order valence-electron chi connectivity index (χ2n) is 9.78. The van der Waals surface area contributed by atoms with Gasteiger partial charge in [0.1, 0.15) is 0 Å². The number of amidine groups is 1. The second kappa shape index (κ2) is 11.0. The van der Waals surface area contributed by atoms with Crippen LogP contribution in [0.1, 0.15) is 36.1 Å². The number of fused-ring (bicyclic) bond motifs is 1. The van der Waals surface area contributed by atoms with Crippen LogP contribution >= 0.6 is 11.8 Å². The highest BCUT2D eigenvalue weighted by molar-refractivity contribution is 8.19. The lowest BCUT2D eigenvalue weighted by Crippen LogP contribution is -2.30. The van der Waals surface area contributed by atoms with Gasteiger partial charge in [0.2, 0.25) is 0 Å². The molecule has 198 valence electrons. The van der Waals surface area contributed by atoms with Crippen LogP contribution < -0.4 is 9.80 Å². The second-order valence-corrected chi connectivity index (χ2v) is 10.8. The molecular weight excluding hydrogens is 514 g/mol. The van der Waals surface area contributed by atoms with Gasteiger partial charge in [-0.15, -0.1) is 0 Å². The Hall–Kier alpha value is -4.42. The molecule has 2 amide bonds. The van der Waals surface area contributed by atoms with Gasteiger partial charge in [-0.1, -0.05) is 86.6 Å². The molecule has 4 aromatic rings. The highest BCUT2D eigenvalue weighted by Gasteiger charge is 2.43. The van der Waals surface area contributed by atoms with Crippen LogP contribution in [-0.4, -0.2) is 17.0 Å². The van der Waals surface area contributed by atoms with Crippen LogP contribution in [0.5, 0.6) is 0 Å². The molecule has 2 aliphatic rings. The predicted molar refractivity (Wildman–Crippen MR) is 165 cm³/mol. The molecular formula is C34H29N3O2S. The fourth-order valence-corrected chi connectivity index (χ4v) is 6.14. The van der Waals surface area contributed by atoms with Gasteiger partial charge < -0.3 is 4.90 Å². The van der Waals surface area contributed by atoms with Crippen molar-refractivity contribution in [2.75, 3.05) is 9.80 Å². The smallest absolute Gasteiger partial charge is 0.272 e. The molecule has 1 fully saturated rings. The van der Waals surface area contributed by atoms with Crippen LogP contribution in [0.4, 0.5) is 17.1 Å². The molecule has 0 bridgehead atoms. The molecule has 0 spiro atoms. The summed E-state index contributed by atoms with van der Waals surface area (Å²) >= 11 is 1.27. The zero-order chi connectivity index (χ0) is 27.6. The first-order valence-electron chi connectivity index (χ1n) is 13.6. The van der Waals surface area contributed by atoms with E-state index in [1.807, 2.05) is 91.0 Å².